The molecular formula is C10H20N2O. The molecule has 2 N–H and O–H groups in total. The summed E-state index contributed by atoms with van der Waals surface area (Å²) in [6, 6.07) is 0. The van der Waals surface area contributed by atoms with Crippen molar-refractivity contribution in [1.82, 2.24) is 10.6 Å². The molecule has 2 aliphatic rings. The van der Waals surface area contributed by atoms with Gasteiger partial charge in [0.05, 0.1) is 11.7 Å². The summed E-state index contributed by atoms with van der Waals surface area (Å²) in [6.07, 6.45) is 5.37. The summed E-state index contributed by atoms with van der Waals surface area (Å²) in [4.78, 5) is 0. The monoisotopic (exact) mass is 184 g/mol. The molecule has 0 amide bonds. The standard InChI is InChI=1S/C10H20N2O/c1-11-8-9-2-3-10(13-9)4-6-12-7-5-10/h9,11-12H,2-8H2,1H3. The van der Waals surface area contributed by atoms with E-state index in [1.54, 1.807) is 0 Å². The van der Waals surface area contributed by atoms with Crippen LogP contribution in [0.2, 0.25) is 0 Å². The van der Waals surface area contributed by atoms with Crippen molar-refractivity contribution < 1.29 is 4.74 Å². The van der Waals surface area contributed by atoms with Crippen LogP contribution in [-0.2, 0) is 4.74 Å². The highest BCUT2D eigenvalue weighted by Crippen LogP contribution is 2.36. The van der Waals surface area contributed by atoms with E-state index in [2.05, 4.69) is 10.6 Å². The van der Waals surface area contributed by atoms with Crippen LogP contribution in [0.4, 0.5) is 0 Å². The van der Waals surface area contributed by atoms with Crippen LogP contribution < -0.4 is 10.6 Å². The molecule has 0 radical (unpaired) electrons. The van der Waals surface area contributed by atoms with E-state index in [4.69, 9.17) is 4.74 Å². The first-order valence-corrected chi connectivity index (χ1v) is 5.38. The van der Waals surface area contributed by atoms with Gasteiger partial charge in [0.1, 0.15) is 0 Å². The van der Waals surface area contributed by atoms with Gasteiger partial charge in [0, 0.05) is 6.54 Å². The van der Waals surface area contributed by atoms with E-state index in [0.29, 0.717) is 6.10 Å². The summed E-state index contributed by atoms with van der Waals surface area (Å²) in [5.41, 5.74) is 0.243. The summed E-state index contributed by atoms with van der Waals surface area (Å²) in [7, 11) is 2.00. The largest absolute Gasteiger partial charge is 0.370 e. The van der Waals surface area contributed by atoms with Gasteiger partial charge in [-0.15, -0.1) is 0 Å². The second-order valence-electron chi connectivity index (χ2n) is 4.27. The fraction of sp³-hybridized carbons (Fsp3) is 1.00. The van der Waals surface area contributed by atoms with Gasteiger partial charge in [-0.05, 0) is 45.8 Å². The number of hydrogen-bond donors (Lipinski definition) is 2. The van der Waals surface area contributed by atoms with Crippen molar-refractivity contribution in [3.63, 3.8) is 0 Å². The molecule has 2 rings (SSSR count). The van der Waals surface area contributed by atoms with Crippen molar-refractivity contribution in [3.8, 4) is 0 Å². The highest BCUT2D eigenvalue weighted by Gasteiger charge is 2.40. The number of nitrogens with one attached hydrogen (secondary N) is 2. The zero-order valence-electron chi connectivity index (χ0n) is 8.44. The molecule has 0 aliphatic carbocycles. The Morgan fingerprint density at radius 1 is 1.38 bits per heavy atom. The fourth-order valence-electron chi connectivity index (χ4n) is 2.52. The summed E-state index contributed by atoms with van der Waals surface area (Å²) >= 11 is 0. The van der Waals surface area contributed by atoms with Gasteiger partial charge in [-0.1, -0.05) is 0 Å². The lowest BCUT2D eigenvalue weighted by atomic mass is 9.89. The number of ether oxygens (including phenoxy) is 1. The molecule has 2 saturated heterocycles. The smallest absolute Gasteiger partial charge is 0.0712 e. The van der Waals surface area contributed by atoms with Gasteiger partial charge in [0.25, 0.3) is 0 Å². The second kappa shape index (κ2) is 3.95. The van der Waals surface area contributed by atoms with Crippen LogP contribution in [0.25, 0.3) is 0 Å². The lowest BCUT2D eigenvalue weighted by molar-refractivity contribution is -0.0576. The Morgan fingerprint density at radius 3 is 2.85 bits per heavy atom. The Kier molecular flexibility index (Phi) is 2.86. The lowest BCUT2D eigenvalue weighted by Gasteiger charge is -2.33. The lowest BCUT2D eigenvalue weighted by Crippen LogP contribution is -2.42. The van der Waals surface area contributed by atoms with E-state index in [1.165, 1.54) is 25.7 Å². The normalized spacial score (nSPS) is 32.5. The first-order chi connectivity index (χ1) is 6.35. The minimum absolute atomic E-state index is 0.243. The molecule has 76 valence electrons. The van der Waals surface area contributed by atoms with Crippen LogP contribution in [-0.4, -0.2) is 38.4 Å². The van der Waals surface area contributed by atoms with Crippen molar-refractivity contribution in [3.05, 3.63) is 0 Å². The fourth-order valence-corrected chi connectivity index (χ4v) is 2.52. The molecule has 0 aromatic rings. The van der Waals surface area contributed by atoms with E-state index < -0.39 is 0 Å². The Hall–Kier alpha value is -0.120. The summed E-state index contributed by atoms with van der Waals surface area (Å²) < 4.78 is 6.13. The third kappa shape index (κ3) is 2.03. The van der Waals surface area contributed by atoms with E-state index in [0.717, 1.165) is 19.6 Å². The van der Waals surface area contributed by atoms with Crippen LogP contribution in [0.5, 0.6) is 0 Å². The Morgan fingerprint density at radius 2 is 2.15 bits per heavy atom. The van der Waals surface area contributed by atoms with Crippen molar-refractivity contribution in [2.75, 3.05) is 26.7 Å². The van der Waals surface area contributed by atoms with Crippen LogP contribution in [0, 0.1) is 0 Å². The molecule has 3 nitrogen and oxygen atoms in total. The minimum atomic E-state index is 0.243. The molecule has 13 heavy (non-hydrogen) atoms. The SMILES string of the molecule is CNCC1CCC2(CCNCC2)O1. The molecule has 2 fully saturated rings. The average Bonchev–Trinajstić information content (AvgIpc) is 2.51. The predicted molar refractivity (Wildman–Crippen MR) is 52.9 cm³/mol. The molecule has 1 spiro atoms. The predicted octanol–water partition coefficient (Wildman–Crippen LogP) is 0.507. The highest BCUT2D eigenvalue weighted by atomic mass is 16.5. The maximum Gasteiger partial charge on any atom is 0.0712 e. The number of hydrogen-bond acceptors (Lipinski definition) is 3. The first-order valence-electron chi connectivity index (χ1n) is 5.38. The molecule has 1 atom stereocenters. The molecule has 2 aliphatic heterocycles. The van der Waals surface area contributed by atoms with Crippen molar-refractivity contribution in [2.45, 2.75) is 37.4 Å². The Labute approximate surface area is 80.2 Å². The van der Waals surface area contributed by atoms with Crippen molar-refractivity contribution in [2.24, 2.45) is 0 Å². The number of rotatable bonds is 2. The minimum Gasteiger partial charge on any atom is -0.370 e. The molecule has 0 saturated carbocycles. The van der Waals surface area contributed by atoms with E-state index in [-0.39, 0.29) is 5.60 Å². The van der Waals surface area contributed by atoms with Gasteiger partial charge < -0.3 is 15.4 Å². The molecule has 0 aromatic carbocycles. The van der Waals surface area contributed by atoms with Crippen LogP contribution in [0.1, 0.15) is 25.7 Å². The van der Waals surface area contributed by atoms with Crippen LogP contribution in [0.15, 0.2) is 0 Å². The first kappa shape index (κ1) is 9.44. The van der Waals surface area contributed by atoms with Gasteiger partial charge in [0.2, 0.25) is 0 Å². The van der Waals surface area contributed by atoms with Crippen LogP contribution in [0.3, 0.4) is 0 Å². The van der Waals surface area contributed by atoms with E-state index in [9.17, 15) is 0 Å². The second-order valence-corrected chi connectivity index (χ2v) is 4.27. The molecule has 2 heterocycles. The van der Waals surface area contributed by atoms with E-state index in [1.807, 2.05) is 7.05 Å². The summed E-state index contributed by atoms with van der Waals surface area (Å²) in [6.45, 7) is 3.27. The van der Waals surface area contributed by atoms with Gasteiger partial charge >= 0.3 is 0 Å². The Balaban J connectivity index is 1.87. The van der Waals surface area contributed by atoms with Gasteiger partial charge in [-0.3, -0.25) is 0 Å². The third-order valence-electron chi connectivity index (χ3n) is 3.29. The third-order valence-corrected chi connectivity index (χ3v) is 3.29. The zero-order chi connectivity index (χ0) is 9.15. The maximum atomic E-state index is 6.13. The van der Waals surface area contributed by atoms with Gasteiger partial charge in [-0.25, -0.2) is 0 Å². The van der Waals surface area contributed by atoms with Crippen molar-refractivity contribution in [1.29, 1.82) is 0 Å². The topological polar surface area (TPSA) is 33.3 Å². The van der Waals surface area contributed by atoms with Gasteiger partial charge in [0.15, 0.2) is 0 Å². The number of likely N-dealkylation sites (N-methyl/N-ethyl adjacent to an activating group) is 1. The molecule has 1 unspecified atom stereocenters. The molecular weight excluding hydrogens is 164 g/mol. The quantitative estimate of drug-likeness (QED) is 0.656. The zero-order valence-corrected chi connectivity index (χ0v) is 8.44. The Bertz CT molecular complexity index is 166. The van der Waals surface area contributed by atoms with Crippen LogP contribution >= 0.6 is 0 Å². The highest BCUT2D eigenvalue weighted by molar-refractivity contribution is 4.92. The number of piperidine rings is 1. The molecule has 0 bridgehead atoms. The van der Waals surface area contributed by atoms with Crippen molar-refractivity contribution >= 4 is 0 Å². The van der Waals surface area contributed by atoms with Gasteiger partial charge in [-0.2, -0.15) is 0 Å². The maximum absolute atomic E-state index is 6.13. The summed E-state index contributed by atoms with van der Waals surface area (Å²) in [5, 5.41) is 6.58. The molecule has 3 heteroatoms. The average molecular weight is 184 g/mol. The summed E-state index contributed by atoms with van der Waals surface area (Å²) in [5.74, 6) is 0. The van der Waals surface area contributed by atoms with E-state index >= 15 is 0 Å². The molecule has 0 aromatic heterocycles.